The lowest BCUT2D eigenvalue weighted by Gasteiger charge is -2.13. The summed E-state index contributed by atoms with van der Waals surface area (Å²) in [5, 5.41) is 9.11. The van der Waals surface area contributed by atoms with E-state index in [-0.39, 0.29) is 13.2 Å². The molecule has 44 heavy (non-hydrogen) atoms. The van der Waals surface area contributed by atoms with Gasteiger partial charge >= 0.3 is 0 Å². The first-order valence-corrected chi connectivity index (χ1v) is 16.2. The molecular weight excluding hydrogens is 544 g/mol. The molecule has 0 fully saturated rings. The Bertz CT molecular complexity index is 1240. The predicted molar refractivity (Wildman–Crippen MR) is 191 cm³/mol. The number of aliphatic hydroxyl groups excluding tert-OH is 1. The van der Waals surface area contributed by atoms with Crippen LogP contribution in [0.4, 0.5) is 0 Å². The van der Waals surface area contributed by atoms with Crippen molar-refractivity contribution in [3.05, 3.63) is 95.1 Å². The number of benzene rings is 3. The summed E-state index contributed by atoms with van der Waals surface area (Å²) < 4.78 is 10.5. The molecule has 0 aromatic heterocycles. The van der Waals surface area contributed by atoms with Crippen LogP contribution in [0.2, 0.25) is 0 Å². The molecule has 0 bridgehead atoms. The van der Waals surface area contributed by atoms with E-state index in [1.807, 2.05) is 32.9 Å². The number of hydrogen-bond donors (Lipinski definition) is 1. The number of hydrogen-bond acceptors (Lipinski definition) is 4. The topological polar surface area (TPSA) is 55.8 Å². The lowest BCUT2D eigenvalue weighted by Crippen LogP contribution is -2.05. The molecule has 3 aromatic rings. The molecule has 0 saturated heterocycles. The Balaban J connectivity index is 0.00000162. The largest absolute Gasteiger partial charge is 0.491 e. The molecule has 0 unspecified atom stereocenters. The van der Waals surface area contributed by atoms with Gasteiger partial charge in [-0.05, 0) is 97.5 Å². The number of rotatable bonds is 13. The zero-order chi connectivity index (χ0) is 33.3. The van der Waals surface area contributed by atoms with Crippen molar-refractivity contribution in [3.63, 3.8) is 0 Å². The monoisotopic (exact) mass is 602 g/mol. The fourth-order valence-electron chi connectivity index (χ4n) is 3.88. The van der Waals surface area contributed by atoms with Crippen molar-refractivity contribution in [2.75, 3.05) is 19.8 Å². The summed E-state index contributed by atoms with van der Waals surface area (Å²) in [5.74, 6) is 0.753. The van der Waals surface area contributed by atoms with E-state index in [0.29, 0.717) is 19.5 Å². The fraction of sp³-hybridized carbons (Fsp3) is 0.425. The quantitative estimate of drug-likeness (QED) is 0.120. The Labute approximate surface area is 268 Å². The van der Waals surface area contributed by atoms with E-state index in [9.17, 15) is 4.79 Å². The van der Waals surface area contributed by atoms with Crippen molar-refractivity contribution >= 4 is 12.5 Å². The minimum atomic E-state index is -0.0359. The van der Waals surface area contributed by atoms with Crippen LogP contribution in [0.5, 0.6) is 5.75 Å². The summed E-state index contributed by atoms with van der Waals surface area (Å²) in [5.41, 5.74) is 10.8. The minimum absolute atomic E-state index is 0.0359. The van der Waals surface area contributed by atoms with Gasteiger partial charge in [0.15, 0.2) is 0 Å². The molecule has 4 nitrogen and oxygen atoms in total. The molecule has 0 spiro atoms. The van der Waals surface area contributed by atoms with Gasteiger partial charge in [0, 0.05) is 0 Å². The standard InChI is InChI=1S/C30H34O4.C5H10.C3H8.C2H6/c1-4-22(2)18-26-11-12-27(19-23(26)3)24-7-9-25(10-8-24)28-13-14-30(34-17-15-31)29(20-28)6-5-16-33-21-32;1-4-5(2)3;1-3-2;1-2/h7-14,18-21,31H,4-6,15-17H2,1-3H3;2,4H2,1,3H3;3H2,1-2H3;1-2H3/b22-18+;;;. The Morgan fingerprint density at radius 3 is 1.82 bits per heavy atom. The van der Waals surface area contributed by atoms with Gasteiger partial charge < -0.3 is 14.6 Å². The van der Waals surface area contributed by atoms with E-state index in [0.717, 1.165) is 41.7 Å². The van der Waals surface area contributed by atoms with Crippen LogP contribution in [0, 0.1) is 6.92 Å². The highest BCUT2D eigenvalue weighted by atomic mass is 16.5. The molecule has 0 radical (unpaired) electrons. The zero-order valence-corrected chi connectivity index (χ0v) is 29.0. The van der Waals surface area contributed by atoms with Gasteiger partial charge in [0.25, 0.3) is 6.47 Å². The average molecular weight is 603 g/mol. The maximum absolute atomic E-state index is 10.4. The van der Waals surface area contributed by atoms with Crippen LogP contribution in [0.1, 0.15) is 97.8 Å². The highest BCUT2D eigenvalue weighted by Gasteiger charge is 2.09. The molecule has 1 N–H and O–H groups in total. The molecule has 0 aliphatic carbocycles. The summed E-state index contributed by atoms with van der Waals surface area (Å²) in [6.07, 6.45) is 7.11. The maximum Gasteiger partial charge on any atom is 0.293 e. The second-order valence-electron chi connectivity index (χ2n) is 10.5. The Morgan fingerprint density at radius 2 is 1.34 bits per heavy atom. The summed E-state index contributed by atoms with van der Waals surface area (Å²) in [6.45, 7) is 23.6. The third kappa shape index (κ3) is 15.7. The van der Waals surface area contributed by atoms with Crippen molar-refractivity contribution < 1.29 is 19.4 Å². The zero-order valence-electron chi connectivity index (χ0n) is 29.0. The average Bonchev–Trinajstić information content (AvgIpc) is 3.05. The van der Waals surface area contributed by atoms with Crippen molar-refractivity contribution in [2.24, 2.45) is 0 Å². The van der Waals surface area contributed by atoms with Gasteiger partial charge in [0.1, 0.15) is 12.4 Å². The predicted octanol–water partition coefficient (Wildman–Crippen LogP) is 11.0. The number of allylic oxidation sites excluding steroid dienone is 2. The summed E-state index contributed by atoms with van der Waals surface area (Å²) >= 11 is 0. The van der Waals surface area contributed by atoms with Crippen molar-refractivity contribution in [1.82, 2.24) is 0 Å². The molecular formula is C40H58O4. The molecule has 0 aliphatic rings. The Morgan fingerprint density at radius 1 is 0.818 bits per heavy atom. The van der Waals surface area contributed by atoms with E-state index >= 15 is 0 Å². The van der Waals surface area contributed by atoms with E-state index in [1.54, 1.807) is 0 Å². The molecule has 0 aliphatic heterocycles. The summed E-state index contributed by atoms with van der Waals surface area (Å²) in [6, 6.07) is 21.3. The van der Waals surface area contributed by atoms with Crippen LogP contribution in [-0.4, -0.2) is 31.4 Å². The Hall–Kier alpha value is -3.63. The van der Waals surface area contributed by atoms with Crippen molar-refractivity contribution in [1.29, 1.82) is 0 Å². The van der Waals surface area contributed by atoms with Gasteiger partial charge in [-0.25, -0.2) is 0 Å². The molecule has 0 amide bonds. The van der Waals surface area contributed by atoms with E-state index in [1.165, 1.54) is 39.8 Å². The first-order valence-electron chi connectivity index (χ1n) is 16.2. The lowest BCUT2D eigenvalue weighted by molar-refractivity contribution is -0.128. The summed E-state index contributed by atoms with van der Waals surface area (Å²) in [7, 11) is 0. The number of aryl methyl sites for hydroxylation is 2. The number of carbonyl (C=O) groups excluding carboxylic acids is 1. The molecule has 0 saturated carbocycles. The van der Waals surface area contributed by atoms with E-state index < -0.39 is 0 Å². The molecule has 3 aromatic carbocycles. The van der Waals surface area contributed by atoms with Gasteiger partial charge in [-0.2, -0.15) is 0 Å². The first kappa shape index (κ1) is 40.4. The van der Waals surface area contributed by atoms with Crippen LogP contribution in [0.15, 0.2) is 78.4 Å². The Kier molecular flexibility index (Phi) is 22.7. The maximum atomic E-state index is 10.4. The number of aliphatic hydroxyl groups is 1. The van der Waals surface area contributed by atoms with Gasteiger partial charge in [-0.15, -0.1) is 6.58 Å². The lowest BCUT2D eigenvalue weighted by atomic mass is 9.95. The SMILES string of the molecule is C=C(C)CC.CC.CC/C(C)=C/c1ccc(-c2ccc(-c3ccc(OCCO)c(CCCOC=O)c3)cc2)cc1C.CCC. The fourth-order valence-corrected chi connectivity index (χ4v) is 3.88. The van der Waals surface area contributed by atoms with Gasteiger partial charge in [0.2, 0.25) is 0 Å². The highest BCUT2D eigenvalue weighted by molar-refractivity contribution is 5.73. The molecule has 0 heterocycles. The summed E-state index contributed by atoms with van der Waals surface area (Å²) in [4.78, 5) is 10.4. The normalized spacial score (nSPS) is 10.2. The van der Waals surface area contributed by atoms with Crippen molar-refractivity contribution in [3.8, 4) is 28.0 Å². The third-order valence-electron chi connectivity index (χ3n) is 6.57. The smallest absolute Gasteiger partial charge is 0.293 e. The molecule has 3 rings (SSSR count). The van der Waals surface area contributed by atoms with Crippen LogP contribution < -0.4 is 4.74 Å². The van der Waals surface area contributed by atoms with E-state index in [4.69, 9.17) is 14.6 Å². The first-order chi connectivity index (χ1) is 21.2. The number of ether oxygens (including phenoxy) is 2. The highest BCUT2D eigenvalue weighted by Crippen LogP contribution is 2.30. The van der Waals surface area contributed by atoms with Crippen LogP contribution in [0.25, 0.3) is 28.3 Å². The second kappa shape index (κ2) is 24.8. The molecule has 0 atom stereocenters. The van der Waals surface area contributed by atoms with Crippen LogP contribution in [0.3, 0.4) is 0 Å². The van der Waals surface area contributed by atoms with E-state index in [2.05, 4.69) is 103 Å². The molecule has 242 valence electrons. The molecule has 4 heteroatoms. The second-order valence-corrected chi connectivity index (χ2v) is 10.5. The minimum Gasteiger partial charge on any atom is -0.491 e. The van der Waals surface area contributed by atoms with Gasteiger partial charge in [0.05, 0.1) is 13.2 Å². The van der Waals surface area contributed by atoms with Crippen LogP contribution >= 0.6 is 0 Å². The van der Waals surface area contributed by atoms with Crippen LogP contribution in [-0.2, 0) is 16.0 Å². The third-order valence-corrected chi connectivity index (χ3v) is 6.57. The van der Waals surface area contributed by atoms with Gasteiger partial charge in [-0.3, -0.25) is 4.79 Å². The number of carbonyl (C=O) groups is 1. The van der Waals surface area contributed by atoms with Gasteiger partial charge in [-0.1, -0.05) is 114 Å². The van der Waals surface area contributed by atoms with Crippen molar-refractivity contribution in [2.45, 2.75) is 94.4 Å².